The predicted octanol–water partition coefficient (Wildman–Crippen LogP) is 2.99. The van der Waals surface area contributed by atoms with Crippen LogP contribution in [0.4, 0.5) is 0 Å². The van der Waals surface area contributed by atoms with Gasteiger partial charge in [-0.25, -0.2) is 0 Å². The molecule has 0 aromatic heterocycles. The number of carbonyl (C=O) groups excluding carboxylic acids is 2. The van der Waals surface area contributed by atoms with Gasteiger partial charge in [-0.3, -0.25) is 14.6 Å². The van der Waals surface area contributed by atoms with Gasteiger partial charge in [0.05, 0.1) is 6.54 Å². The fourth-order valence-corrected chi connectivity index (χ4v) is 5.04. The molecule has 7 nitrogen and oxygen atoms in total. The van der Waals surface area contributed by atoms with Crippen molar-refractivity contribution >= 4 is 41.8 Å². The number of amides is 2. The van der Waals surface area contributed by atoms with Gasteiger partial charge >= 0.3 is 0 Å². The van der Waals surface area contributed by atoms with Crippen LogP contribution in [-0.4, -0.2) is 72.9 Å². The first-order valence-corrected chi connectivity index (χ1v) is 12.2. The van der Waals surface area contributed by atoms with E-state index in [1.165, 1.54) is 25.7 Å². The number of nitrogens with zero attached hydrogens (tertiary/aromatic N) is 3. The Balaban J connectivity index is 0.00000341. The highest BCUT2D eigenvalue weighted by molar-refractivity contribution is 14.0. The van der Waals surface area contributed by atoms with E-state index in [-0.39, 0.29) is 41.8 Å². The summed E-state index contributed by atoms with van der Waals surface area (Å²) >= 11 is 0. The fourth-order valence-electron chi connectivity index (χ4n) is 5.04. The number of hydrogen-bond donors (Lipinski definition) is 2. The molecule has 1 aliphatic carbocycles. The topological polar surface area (TPSA) is 77.0 Å². The minimum atomic E-state index is 0. The number of rotatable bonds is 6. The zero-order valence-electron chi connectivity index (χ0n) is 19.4. The van der Waals surface area contributed by atoms with E-state index in [9.17, 15) is 9.59 Å². The highest BCUT2D eigenvalue weighted by Gasteiger charge is 2.31. The maximum absolute atomic E-state index is 12.8. The van der Waals surface area contributed by atoms with Crippen LogP contribution in [0.15, 0.2) is 4.99 Å². The number of hydrogen-bond acceptors (Lipinski definition) is 3. The van der Waals surface area contributed by atoms with E-state index in [2.05, 4.69) is 22.5 Å². The Morgan fingerprint density at radius 1 is 0.968 bits per heavy atom. The second-order valence-corrected chi connectivity index (χ2v) is 9.35. The number of halogens is 1. The van der Waals surface area contributed by atoms with Crippen molar-refractivity contribution in [2.75, 3.05) is 39.3 Å². The number of aliphatic imine (C=N–C) groups is 1. The van der Waals surface area contributed by atoms with Crippen molar-refractivity contribution in [3.63, 3.8) is 0 Å². The molecule has 0 aromatic carbocycles. The molecule has 178 valence electrons. The summed E-state index contributed by atoms with van der Waals surface area (Å²) in [6, 6.07) is 0.231. The Morgan fingerprint density at radius 2 is 1.74 bits per heavy atom. The standard InChI is InChI=1S/C23H41N5O2.HI/c1-3-24-23(25-13-11-21(29)27-14-7-8-18(2)16-27)26-20-12-15-28(17-20)22(30)19-9-5-4-6-10-19;/h18-20H,3-17H2,1-2H3,(H2,24,25,26);1H. The zero-order chi connectivity index (χ0) is 21.3. The number of carbonyl (C=O) groups is 2. The molecule has 0 radical (unpaired) electrons. The molecule has 8 heteroatoms. The Kier molecular flexibility index (Phi) is 11.4. The SMILES string of the molecule is CCNC(=NCCC(=O)N1CCCC(C)C1)NC1CCN(C(=O)C2CCCCC2)C1.I. The molecule has 2 aliphatic heterocycles. The van der Waals surface area contributed by atoms with Gasteiger partial charge in [0.15, 0.2) is 5.96 Å². The lowest BCUT2D eigenvalue weighted by Gasteiger charge is -2.30. The van der Waals surface area contributed by atoms with Crippen molar-refractivity contribution in [1.29, 1.82) is 0 Å². The molecular weight excluding hydrogens is 505 g/mol. The number of guanidine groups is 1. The second kappa shape index (κ2) is 13.5. The molecule has 2 N–H and O–H groups in total. The number of nitrogens with one attached hydrogen (secondary N) is 2. The summed E-state index contributed by atoms with van der Waals surface area (Å²) in [7, 11) is 0. The van der Waals surface area contributed by atoms with E-state index in [0.717, 1.165) is 64.4 Å². The van der Waals surface area contributed by atoms with Crippen molar-refractivity contribution in [2.45, 2.75) is 77.7 Å². The van der Waals surface area contributed by atoms with Crippen LogP contribution in [0.1, 0.15) is 71.6 Å². The van der Waals surface area contributed by atoms with Gasteiger partial charge in [0.25, 0.3) is 0 Å². The van der Waals surface area contributed by atoms with Crippen LogP contribution in [0.25, 0.3) is 0 Å². The van der Waals surface area contributed by atoms with Crippen LogP contribution in [0.5, 0.6) is 0 Å². The predicted molar refractivity (Wildman–Crippen MR) is 136 cm³/mol. The molecule has 3 fully saturated rings. The quantitative estimate of drug-likeness (QED) is 0.305. The van der Waals surface area contributed by atoms with Crippen LogP contribution in [0.3, 0.4) is 0 Å². The van der Waals surface area contributed by atoms with Crippen molar-refractivity contribution in [2.24, 2.45) is 16.8 Å². The van der Waals surface area contributed by atoms with Gasteiger partial charge in [0.2, 0.25) is 11.8 Å². The van der Waals surface area contributed by atoms with Gasteiger partial charge in [-0.15, -0.1) is 24.0 Å². The third kappa shape index (κ3) is 8.09. The lowest BCUT2D eigenvalue weighted by Crippen LogP contribution is -2.45. The molecular formula is C23H42IN5O2. The van der Waals surface area contributed by atoms with Gasteiger partial charge < -0.3 is 20.4 Å². The molecule has 2 unspecified atom stereocenters. The second-order valence-electron chi connectivity index (χ2n) is 9.35. The molecule has 2 saturated heterocycles. The lowest BCUT2D eigenvalue weighted by atomic mass is 9.88. The number of piperidine rings is 1. The van der Waals surface area contributed by atoms with Gasteiger partial charge in [0.1, 0.15) is 0 Å². The third-order valence-electron chi connectivity index (χ3n) is 6.74. The van der Waals surface area contributed by atoms with Crippen LogP contribution in [-0.2, 0) is 9.59 Å². The maximum Gasteiger partial charge on any atom is 0.225 e. The highest BCUT2D eigenvalue weighted by atomic mass is 127. The minimum absolute atomic E-state index is 0. The maximum atomic E-state index is 12.8. The van der Waals surface area contributed by atoms with E-state index in [1.807, 2.05) is 16.7 Å². The van der Waals surface area contributed by atoms with Gasteiger partial charge in [-0.1, -0.05) is 26.2 Å². The van der Waals surface area contributed by atoms with Crippen LogP contribution >= 0.6 is 24.0 Å². The van der Waals surface area contributed by atoms with E-state index < -0.39 is 0 Å². The Hall–Kier alpha value is -1.06. The van der Waals surface area contributed by atoms with Crippen molar-refractivity contribution in [3.8, 4) is 0 Å². The molecule has 2 atom stereocenters. The van der Waals surface area contributed by atoms with Crippen molar-refractivity contribution < 1.29 is 9.59 Å². The van der Waals surface area contributed by atoms with Gasteiger partial charge in [-0.05, 0) is 44.9 Å². The Morgan fingerprint density at radius 3 is 2.45 bits per heavy atom. The van der Waals surface area contributed by atoms with Crippen molar-refractivity contribution in [3.05, 3.63) is 0 Å². The number of likely N-dealkylation sites (tertiary alicyclic amines) is 2. The molecule has 0 bridgehead atoms. The molecule has 2 heterocycles. The van der Waals surface area contributed by atoms with E-state index >= 15 is 0 Å². The first kappa shape index (κ1) is 26.2. The first-order valence-electron chi connectivity index (χ1n) is 12.2. The van der Waals surface area contributed by atoms with E-state index in [0.29, 0.717) is 24.8 Å². The Bertz CT molecular complexity index is 609. The summed E-state index contributed by atoms with van der Waals surface area (Å²) in [5.74, 6) is 2.16. The average molecular weight is 548 g/mol. The van der Waals surface area contributed by atoms with Gasteiger partial charge in [0, 0.05) is 51.1 Å². The summed E-state index contributed by atoms with van der Waals surface area (Å²) < 4.78 is 0. The summed E-state index contributed by atoms with van der Waals surface area (Å²) in [4.78, 5) is 33.9. The zero-order valence-corrected chi connectivity index (χ0v) is 21.7. The molecule has 0 aromatic rings. The monoisotopic (exact) mass is 547 g/mol. The normalized spacial score (nSPS) is 25.2. The average Bonchev–Trinajstić information content (AvgIpc) is 3.22. The molecule has 2 amide bonds. The molecule has 1 saturated carbocycles. The summed E-state index contributed by atoms with van der Waals surface area (Å²) in [6.07, 6.45) is 9.51. The molecule has 31 heavy (non-hydrogen) atoms. The highest BCUT2D eigenvalue weighted by Crippen LogP contribution is 2.26. The van der Waals surface area contributed by atoms with Crippen LogP contribution in [0, 0.1) is 11.8 Å². The first-order chi connectivity index (χ1) is 14.6. The lowest BCUT2D eigenvalue weighted by molar-refractivity contribution is -0.135. The van der Waals surface area contributed by atoms with Gasteiger partial charge in [-0.2, -0.15) is 0 Å². The smallest absolute Gasteiger partial charge is 0.225 e. The van der Waals surface area contributed by atoms with Crippen LogP contribution < -0.4 is 10.6 Å². The molecule has 3 rings (SSSR count). The van der Waals surface area contributed by atoms with Crippen molar-refractivity contribution in [1.82, 2.24) is 20.4 Å². The summed E-state index contributed by atoms with van der Waals surface area (Å²) in [6.45, 7) is 8.89. The summed E-state index contributed by atoms with van der Waals surface area (Å²) in [5, 5.41) is 6.77. The van der Waals surface area contributed by atoms with E-state index in [4.69, 9.17) is 0 Å². The minimum Gasteiger partial charge on any atom is -0.357 e. The largest absolute Gasteiger partial charge is 0.357 e. The molecule has 3 aliphatic rings. The Labute approximate surface area is 205 Å². The third-order valence-corrected chi connectivity index (χ3v) is 6.74. The fraction of sp³-hybridized carbons (Fsp3) is 0.870. The van der Waals surface area contributed by atoms with E-state index in [1.54, 1.807) is 0 Å². The van der Waals surface area contributed by atoms with Crippen LogP contribution in [0.2, 0.25) is 0 Å². The molecule has 0 spiro atoms. The summed E-state index contributed by atoms with van der Waals surface area (Å²) in [5.41, 5.74) is 0.